The molecule has 0 amide bonds. The van der Waals surface area contributed by atoms with Crippen molar-refractivity contribution in [1.82, 2.24) is 29.7 Å². The number of hydrogen-bond acceptors (Lipinski definition) is 9. The first kappa shape index (κ1) is 31.3. The smallest absolute Gasteiger partial charge is 0.247 e. The van der Waals surface area contributed by atoms with Crippen molar-refractivity contribution in [2.75, 3.05) is 31.5 Å². The molecule has 2 atom stereocenters. The molecule has 0 aliphatic carbocycles. The van der Waals surface area contributed by atoms with Gasteiger partial charge in [0.05, 0.1) is 6.10 Å². The van der Waals surface area contributed by atoms with E-state index in [1.807, 2.05) is 24.7 Å². The van der Waals surface area contributed by atoms with Gasteiger partial charge in [-0.2, -0.15) is 0 Å². The average molecular weight is 652 g/mol. The van der Waals surface area contributed by atoms with Gasteiger partial charge < -0.3 is 14.8 Å². The SMILES string of the molecule is C=C[C@@H]1CCN(Cc2cnc3oc(-c4cccc(-c5cccc(Nc6nccc7cc(CN8CC[C@@H](O)C8)cnc67)c5C)c4C)nc3c2)C1. The lowest BCUT2D eigenvalue weighted by Gasteiger charge is -2.17. The number of hydrogen-bond donors (Lipinski definition) is 2. The normalized spacial score (nSPS) is 18.5. The number of pyridine rings is 3. The lowest BCUT2D eigenvalue weighted by molar-refractivity contribution is 0.175. The maximum Gasteiger partial charge on any atom is 0.247 e. The van der Waals surface area contributed by atoms with E-state index in [9.17, 15) is 5.11 Å². The second-order valence-corrected chi connectivity index (χ2v) is 13.5. The molecule has 0 saturated carbocycles. The first-order valence-electron chi connectivity index (χ1n) is 17.1. The number of nitrogens with one attached hydrogen (secondary N) is 1. The summed E-state index contributed by atoms with van der Waals surface area (Å²) in [7, 11) is 0. The molecule has 2 aliphatic heterocycles. The van der Waals surface area contributed by atoms with E-state index in [1.54, 1.807) is 0 Å². The first-order valence-corrected chi connectivity index (χ1v) is 17.1. The molecule has 0 radical (unpaired) electrons. The highest BCUT2D eigenvalue weighted by molar-refractivity contribution is 5.91. The highest BCUT2D eigenvalue weighted by Crippen LogP contribution is 2.37. The summed E-state index contributed by atoms with van der Waals surface area (Å²) in [4.78, 5) is 23.7. The second-order valence-electron chi connectivity index (χ2n) is 13.5. The molecule has 0 spiro atoms. The molecule has 248 valence electrons. The number of anilines is 2. The van der Waals surface area contributed by atoms with E-state index < -0.39 is 0 Å². The predicted molar refractivity (Wildman–Crippen MR) is 194 cm³/mol. The molecule has 4 aromatic heterocycles. The molecule has 49 heavy (non-hydrogen) atoms. The number of benzene rings is 2. The zero-order chi connectivity index (χ0) is 33.5. The minimum absolute atomic E-state index is 0.234. The molecule has 8 rings (SSSR count). The minimum Gasteiger partial charge on any atom is -0.418 e. The molecule has 2 fully saturated rings. The lowest BCUT2D eigenvalue weighted by atomic mass is 9.93. The Labute approximate surface area is 286 Å². The third-order valence-corrected chi connectivity index (χ3v) is 10.1. The number of aliphatic hydroxyl groups is 1. The summed E-state index contributed by atoms with van der Waals surface area (Å²) in [5, 5.41) is 14.5. The highest BCUT2D eigenvalue weighted by atomic mass is 16.4. The summed E-state index contributed by atoms with van der Waals surface area (Å²) in [6.07, 6.45) is 9.47. The predicted octanol–water partition coefficient (Wildman–Crippen LogP) is 7.43. The van der Waals surface area contributed by atoms with Gasteiger partial charge >= 0.3 is 0 Å². The van der Waals surface area contributed by atoms with Crippen molar-refractivity contribution in [2.24, 2.45) is 5.92 Å². The van der Waals surface area contributed by atoms with Crippen LogP contribution in [0.2, 0.25) is 0 Å². The Bertz CT molecular complexity index is 2180. The molecule has 9 nitrogen and oxygen atoms in total. The molecule has 2 aromatic carbocycles. The van der Waals surface area contributed by atoms with Crippen LogP contribution in [0.3, 0.4) is 0 Å². The first-order chi connectivity index (χ1) is 23.9. The Morgan fingerprint density at radius 3 is 2.41 bits per heavy atom. The molecule has 2 aliphatic rings. The molecular formula is C40H41N7O2. The van der Waals surface area contributed by atoms with Crippen molar-refractivity contribution in [3.63, 3.8) is 0 Å². The van der Waals surface area contributed by atoms with E-state index in [-0.39, 0.29) is 6.10 Å². The summed E-state index contributed by atoms with van der Waals surface area (Å²) in [6.45, 7) is 13.6. The van der Waals surface area contributed by atoms with Crippen LogP contribution in [0.25, 0.3) is 44.7 Å². The molecular weight excluding hydrogens is 610 g/mol. The van der Waals surface area contributed by atoms with E-state index in [0.29, 0.717) is 24.1 Å². The second kappa shape index (κ2) is 13.2. The quantitative estimate of drug-likeness (QED) is 0.155. The largest absolute Gasteiger partial charge is 0.418 e. The number of rotatable bonds is 9. The maximum absolute atomic E-state index is 9.92. The Morgan fingerprint density at radius 2 is 1.61 bits per heavy atom. The van der Waals surface area contributed by atoms with Crippen molar-refractivity contribution in [1.29, 1.82) is 0 Å². The number of β-amino-alcohol motifs (C(OH)–C–C–N with tert-alkyl or cyclic N) is 1. The number of nitrogens with zero attached hydrogens (tertiary/aromatic N) is 6. The molecule has 0 bridgehead atoms. The average Bonchev–Trinajstić information content (AvgIpc) is 3.85. The molecule has 2 saturated heterocycles. The summed E-state index contributed by atoms with van der Waals surface area (Å²) >= 11 is 0. The third-order valence-electron chi connectivity index (χ3n) is 10.1. The van der Waals surface area contributed by atoms with Crippen LogP contribution >= 0.6 is 0 Å². The molecule has 0 unspecified atom stereocenters. The van der Waals surface area contributed by atoms with Crippen LogP contribution in [0, 0.1) is 19.8 Å². The van der Waals surface area contributed by atoms with Gasteiger partial charge in [-0.25, -0.2) is 15.0 Å². The number of aliphatic hydroxyl groups excluding tert-OH is 1. The van der Waals surface area contributed by atoms with Gasteiger partial charge in [0.2, 0.25) is 11.6 Å². The molecule has 2 N–H and O–H groups in total. The van der Waals surface area contributed by atoms with Crippen LogP contribution in [0.15, 0.2) is 90.3 Å². The van der Waals surface area contributed by atoms with Gasteiger partial charge in [0.1, 0.15) is 11.0 Å². The van der Waals surface area contributed by atoms with Crippen molar-refractivity contribution >= 4 is 33.6 Å². The van der Waals surface area contributed by atoms with Crippen LogP contribution in [0.5, 0.6) is 0 Å². The van der Waals surface area contributed by atoms with Crippen molar-refractivity contribution < 1.29 is 9.52 Å². The van der Waals surface area contributed by atoms with Gasteiger partial charge in [-0.15, -0.1) is 6.58 Å². The number of fused-ring (bicyclic) bond motifs is 2. The number of likely N-dealkylation sites (tertiary alicyclic amines) is 2. The monoisotopic (exact) mass is 651 g/mol. The fraction of sp³-hybridized carbons (Fsp3) is 0.300. The lowest BCUT2D eigenvalue weighted by Crippen LogP contribution is -2.21. The zero-order valence-corrected chi connectivity index (χ0v) is 28.1. The Kier molecular flexibility index (Phi) is 8.41. The summed E-state index contributed by atoms with van der Waals surface area (Å²) < 4.78 is 6.22. The topological polar surface area (TPSA) is 103 Å². The summed E-state index contributed by atoms with van der Waals surface area (Å²) in [5.41, 5.74) is 10.8. The van der Waals surface area contributed by atoms with Crippen LogP contribution in [-0.4, -0.2) is 67.1 Å². The Balaban J connectivity index is 1.05. The van der Waals surface area contributed by atoms with Crippen molar-refractivity contribution in [2.45, 2.75) is 45.9 Å². The standard InChI is InChI=1S/C40H41N7O2/c1-4-27-12-15-46(21-27)23-29-18-36-40(43-20-29)49-39(45-36)34-9-5-7-32(25(34)2)33-8-6-10-35(26(33)3)44-38-37-30(11-14-41-38)17-28(19-42-37)22-47-16-13-31(48)24-47/h4-11,14,17-20,27,31,48H,1,12-13,15-16,21-24H2,2-3H3,(H,41,44)/t27-,31-/m1/s1. The Hall–Kier alpha value is -4.96. The Morgan fingerprint density at radius 1 is 0.878 bits per heavy atom. The molecule has 6 aromatic rings. The third kappa shape index (κ3) is 6.33. The van der Waals surface area contributed by atoms with E-state index >= 15 is 0 Å². The van der Waals surface area contributed by atoms with E-state index in [4.69, 9.17) is 14.4 Å². The van der Waals surface area contributed by atoms with Gasteiger partial charge in [0.15, 0.2) is 5.82 Å². The van der Waals surface area contributed by atoms with E-state index in [2.05, 4.69) is 100 Å². The van der Waals surface area contributed by atoms with Gasteiger partial charge in [-0.1, -0.05) is 30.3 Å². The fourth-order valence-corrected chi connectivity index (χ4v) is 7.37. The maximum atomic E-state index is 9.92. The minimum atomic E-state index is -0.234. The number of aromatic nitrogens is 4. The van der Waals surface area contributed by atoms with E-state index in [1.165, 1.54) is 0 Å². The summed E-state index contributed by atoms with van der Waals surface area (Å²) in [6, 6.07) is 18.8. The van der Waals surface area contributed by atoms with Gasteiger partial charge in [-0.3, -0.25) is 14.8 Å². The number of oxazole rings is 1. The van der Waals surface area contributed by atoms with Gasteiger partial charge in [0.25, 0.3) is 0 Å². The van der Waals surface area contributed by atoms with Crippen molar-refractivity contribution in [3.8, 4) is 22.6 Å². The fourth-order valence-electron chi connectivity index (χ4n) is 7.37. The van der Waals surface area contributed by atoms with Gasteiger partial charge in [-0.05, 0) is 103 Å². The van der Waals surface area contributed by atoms with Crippen LogP contribution in [-0.2, 0) is 13.1 Å². The molecule has 6 heterocycles. The van der Waals surface area contributed by atoms with Crippen LogP contribution in [0.4, 0.5) is 11.5 Å². The van der Waals surface area contributed by atoms with Crippen molar-refractivity contribution in [3.05, 3.63) is 108 Å². The van der Waals surface area contributed by atoms with Crippen LogP contribution < -0.4 is 5.32 Å². The molecule has 9 heteroatoms. The van der Waals surface area contributed by atoms with E-state index in [0.717, 1.165) is 112 Å². The summed E-state index contributed by atoms with van der Waals surface area (Å²) in [5.74, 6) is 1.86. The zero-order valence-electron chi connectivity index (χ0n) is 28.1. The van der Waals surface area contributed by atoms with Crippen LogP contribution in [0.1, 0.15) is 35.1 Å². The highest BCUT2D eigenvalue weighted by Gasteiger charge is 2.22. The van der Waals surface area contributed by atoms with Gasteiger partial charge in [0, 0.05) is 68.0 Å².